The zero-order chi connectivity index (χ0) is 23.8. The minimum Gasteiger partial charge on any atom is -0.462 e. The van der Waals surface area contributed by atoms with Crippen molar-refractivity contribution >= 4 is 39.8 Å². The van der Waals surface area contributed by atoms with Crippen LogP contribution in [0.25, 0.3) is 0 Å². The number of sulfone groups is 1. The van der Waals surface area contributed by atoms with Crippen LogP contribution in [0.1, 0.15) is 34.5 Å². The Morgan fingerprint density at radius 2 is 1.65 bits per heavy atom. The molecule has 0 radical (unpaired) electrons. The number of rotatable bonds is 10. The van der Waals surface area contributed by atoms with Crippen LogP contribution in [0.2, 0.25) is 5.02 Å². The lowest BCUT2D eigenvalue weighted by Crippen LogP contribution is -2.23. The maximum Gasteiger partial charge on any atom is 0.338 e. The lowest BCUT2D eigenvalue weighted by Gasteiger charge is -2.13. The third kappa shape index (κ3) is 7.29. The molecule has 0 saturated carbocycles. The Hall–Kier alpha value is -2.42. The van der Waals surface area contributed by atoms with Crippen molar-refractivity contribution in [2.75, 3.05) is 19.7 Å². The molecule has 0 spiro atoms. The minimum atomic E-state index is -3.69. The number of carbonyl (C=O) groups excluding carboxylic acids is 1. The van der Waals surface area contributed by atoms with E-state index in [-0.39, 0.29) is 28.8 Å². The fraction of sp³-hybridized carbons (Fsp3) is 0.240. The zero-order valence-corrected chi connectivity index (χ0v) is 21.0. The fourth-order valence-corrected chi connectivity index (χ4v) is 4.72. The summed E-state index contributed by atoms with van der Waals surface area (Å²) in [5.74, 6) is -0.487. The third-order valence-corrected chi connectivity index (χ3v) is 7.09. The number of benzene rings is 3. The predicted octanol–water partition coefficient (Wildman–Crippen LogP) is 4.64. The molecule has 0 aliphatic rings. The highest BCUT2D eigenvalue weighted by Crippen LogP contribution is 2.22. The van der Waals surface area contributed by atoms with E-state index in [0.717, 1.165) is 11.1 Å². The number of hydrogen-bond acceptors (Lipinski definition) is 6. The molecule has 0 bridgehead atoms. The molecule has 3 aromatic rings. The highest BCUT2D eigenvalue weighted by Gasteiger charge is 2.18. The van der Waals surface area contributed by atoms with Gasteiger partial charge in [-0.05, 0) is 79.5 Å². The topological polar surface area (TPSA) is 92.7 Å². The molecule has 34 heavy (non-hydrogen) atoms. The third-order valence-electron chi connectivity index (χ3n) is 5.07. The molecule has 1 atom stereocenters. The average Bonchev–Trinajstić information content (AvgIpc) is 2.82. The van der Waals surface area contributed by atoms with Crippen molar-refractivity contribution in [3.63, 3.8) is 0 Å². The summed E-state index contributed by atoms with van der Waals surface area (Å²) in [5.41, 5.74) is 2.02. The molecule has 2 N–H and O–H groups in total. The Kier molecular flexibility index (Phi) is 10.5. The number of aliphatic hydroxyl groups excluding tert-OH is 1. The fourth-order valence-electron chi connectivity index (χ4n) is 3.26. The first-order valence-corrected chi connectivity index (χ1v) is 12.4. The minimum absolute atomic E-state index is 0. The predicted molar refractivity (Wildman–Crippen MR) is 135 cm³/mol. The van der Waals surface area contributed by atoms with Crippen LogP contribution < -0.4 is 5.32 Å². The number of nitrogens with one attached hydrogen (secondary N) is 1. The molecule has 0 saturated heterocycles. The van der Waals surface area contributed by atoms with E-state index in [1.165, 1.54) is 24.3 Å². The van der Waals surface area contributed by atoms with Crippen molar-refractivity contribution in [1.82, 2.24) is 5.32 Å². The van der Waals surface area contributed by atoms with Crippen molar-refractivity contribution < 1.29 is 23.1 Å². The average molecular weight is 524 g/mol. The monoisotopic (exact) mass is 523 g/mol. The molecule has 182 valence electrons. The van der Waals surface area contributed by atoms with Crippen molar-refractivity contribution in [3.8, 4) is 0 Å². The van der Waals surface area contributed by atoms with Crippen LogP contribution in [-0.4, -0.2) is 39.2 Å². The van der Waals surface area contributed by atoms with E-state index in [1.807, 2.05) is 6.07 Å². The number of esters is 1. The number of halogens is 2. The molecule has 0 heterocycles. The summed E-state index contributed by atoms with van der Waals surface area (Å²) >= 11 is 5.95. The summed E-state index contributed by atoms with van der Waals surface area (Å²) < 4.78 is 30.7. The quantitative estimate of drug-likeness (QED) is 0.297. The molecular weight excluding hydrogens is 497 g/mol. The van der Waals surface area contributed by atoms with Crippen LogP contribution in [0, 0.1) is 0 Å². The van der Waals surface area contributed by atoms with Crippen LogP contribution in [0.4, 0.5) is 0 Å². The van der Waals surface area contributed by atoms with E-state index in [4.69, 9.17) is 16.3 Å². The van der Waals surface area contributed by atoms with Crippen LogP contribution in [-0.2, 0) is 21.0 Å². The van der Waals surface area contributed by atoms with Crippen molar-refractivity contribution in [3.05, 3.63) is 94.5 Å². The molecule has 0 aliphatic carbocycles. The molecule has 0 aromatic heterocycles. The van der Waals surface area contributed by atoms with Gasteiger partial charge in [-0.1, -0.05) is 35.9 Å². The largest absolute Gasteiger partial charge is 0.462 e. The molecule has 0 unspecified atom stereocenters. The molecule has 3 rings (SSSR count). The maximum atomic E-state index is 12.9. The van der Waals surface area contributed by atoms with Crippen molar-refractivity contribution in [2.24, 2.45) is 0 Å². The lowest BCUT2D eigenvalue weighted by molar-refractivity contribution is 0.0526. The van der Waals surface area contributed by atoms with Gasteiger partial charge in [0, 0.05) is 11.6 Å². The van der Waals surface area contributed by atoms with Gasteiger partial charge in [-0.25, -0.2) is 13.2 Å². The van der Waals surface area contributed by atoms with Crippen molar-refractivity contribution in [1.29, 1.82) is 0 Å². The summed E-state index contributed by atoms with van der Waals surface area (Å²) in [6, 6.07) is 19.5. The molecular formula is C25H27Cl2NO5S. The van der Waals surface area contributed by atoms with Gasteiger partial charge in [-0.2, -0.15) is 0 Å². The highest BCUT2D eigenvalue weighted by molar-refractivity contribution is 7.91. The van der Waals surface area contributed by atoms with E-state index >= 15 is 0 Å². The Bertz CT molecular complexity index is 1180. The summed E-state index contributed by atoms with van der Waals surface area (Å²) in [4.78, 5) is 12.0. The van der Waals surface area contributed by atoms with E-state index in [1.54, 1.807) is 49.4 Å². The first-order valence-electron chi connectivity index (χ1n) is 10.6. The first kappa shape index (κ1) is 27.8. The van der Waals surface area contributed by atoms with Crippen LogP contribution >= 0.6 is 24.0 Å². The van der Waals surface area contributed by atoms with Gasteiger partial charge >= 0.3 is 5.97 Å². The Morgan fingerprint density at radius 1 is 1.03 bits per heavy atom. The number of aliphatic hydroxyl groups is 1. The molecule has 9 heteroatoms. The van der Waals surface area contributed by atoms with Gasteiger partial charge in [0.2, 0.25) is 9.84 Å². The van der Waals surface area contributed by atoms with Gasteiger partial charge in [0.1, 0.15) is 0 Å². The molecule has 0 fully saturated rings. The number of hydrogen-bond donors (Lipinski definition) is 2. The summed E-state index contributed by atoms with van der Waals surface area (Å²) in [6.07, 6.45) is 0.0167. The Labute approximate surface area is 211 Å². The Balaban J connectivity index is 0.00000408. The van der Waals surface area contributed by atoms with Gasteiger partial charge in [-0.3, -0.25) is 0 Å². The second-order valence-corrected chi connectivity index (χ2v) is 9.80. The van der Waals surface area contributed by atoms with Gasteiger partial charge in [-0.15, -0.1) is 12.4 Å². The summed E-state index contributed by atoms with van der Waals surface area (Å²) in [7, 11) is -3.69. The van der Waals surface area contributed by atoms with E-state index in [9.17, 15) is 18.3 Å². The standard InChI is InChI=1S/C25H26ClNO5S.ClH/c1-2-32-25(29)19-8-12-23(13-9-19)33(30,31)22-10-6-18(7-11-22)14-15-27-17-24(28)20-4-3-5-21(26)16-20;/h3-13,16,24,27-28H,2,14-15,17H2,1H3;1H/t24-;/m0./s1. The smallest absolute Gasteiger partial charge is 0.338 e. The van der Waals surface area contributed by atoms with Gasteiger partial charge < -0.3 is 15.2 Å². The van der Waals surface area contributed by atoms with Crippen LogP contribution in [0.5, 0.6) is 0 Å². The SMILES string of the molecule is CCOC(=O)c1ccc(S(=O)(=O)c2ccc(CCNC[C@H](O)c3cccc(Cl)c3)cc2)cc1.Cl. The maximum absolute atomic E-state index is 12.9. The summed E-state index contributed by atoms with van der Waals surface area (Å²) in [6.45, 7) is 2.97. The van der Waals surface area contributed by atoms with Gasteiger partial charge in [0.25, 0.3) is 0 Å². The van der Waals surface area contributed by atoms with Crippen LogP contribution in [0.3, 0.4) is 0 Å². The normalized spacial score (nSPS) is 12.0. The highest BCUT2D eigenvalue weighted by atomic mass is 35.5. The molecule has 0 aliphatic heterocycles. The van der Waals surface area contributed by atoms with Gasteiger partial charge in [0.15, 0.2) is 0 Å². The van der Waals surface area contributed by atoms with Crippen molar-refractivity contribution in [2.45, 2.75) is 29.2 Å². The Morgan fingerprint density at radius 3 is 2.24 bits per heavy atom. The first-order chi connectivity index (χ1) is 15.8. The number of ether oxygens (including phenoxy) is 1. The van der Waals surface area contributed by atoms with E-state index in [0.29, 0.717) is 30.1 Å². The molecule has 6 nitrogen and oxygen atoms in total. The lowest BCUT2D eigenvalue weighted by atomic mass is 10.1. The van der Waals surface area contributed by atoms with Crippen LogP contribution in [0.15, 0.2) is 82.6 Å². The van der Waals surface area contributed by atoms with Gasteiger partial charge in [0.05, 0.1) is 28.1 Å². The number of carbonyl (C=O) groups is 1. The van der Waals surface area contributed by atoms with E-state index < -0.39 is 21.9 Å². The zero-order valence-electron chi connectivity index (χ0n) is 18.6. The van der Waals surface area contributed by atoms with E-state index in [2.05, 4.69) is 5.32 Å². The second-order valence-electron chi connectivity index (χ2n) is 7.42. The molecule has 0 amide bonds. The summed E-state index contributed by atoms with van der Waals surface area (Å²) in [5, 5.41) is 14.0. The molecule has 3 aromatic carbocycles. The second kappa shape index (κ2) is 12.9.